The van der Waals surface area contributed by atoms with Crippen molar-refractivity contribution >= 4 is 0 Å². The fraction of sp³-hybridized carbons (Fsp3) is 0.867. The predicted octanol–water partition coefficient (Wildman–Crippen LogP) is 4.15. The summed E-state index contributed by atoms with van der Waals surface area (Å²) in [4.78, 5) is 0. The molecular weight excluding hydrogens is 194 g/mol. The van der Waals surface area contributed by atoms with Crippen molar-refractivity contribution in [2.24, 2.45) is 11.8 Å². The Bertz CT molecular complexity index is 168. The van der Waals surface area contributed by atoms with E-state index in [-0.39, 0.29) is 0 Å². The lowest BCUT2D eigenvalue weighted by Gasteiger charge is -2.26. The van der Waals surface area contributed by atoms with E-state index in [9.17, 15) is 0 Å². The lowest BCUT2D eigenvalue weighted by molar-refractivity contribution is 0.281. The van der Waals surface area contributed by atoms with Crippen LogP contribution in [0, 0.1) is 11.8 Å². The van der Waals surface area contributed by atoms with E-state index in [4.69, 9.17) is 0 Å². The van der Waals surface area contributed by atoms with E-state index >= 15 is 0 Å². The highest BCUT2D eigenvalue weighted by atomic mass is 14.9. The monoisotopic (exact) mass is 223 g/mol. The van der Waals surface area contributed by atoms with Crippen molar-refractivity contribution in [2.75, 3.05) is 13.1 Å². The van der Waals surface area contributed by atoms with Crippen LogP contribution in [0.15, 0.2) is 12.7 Å². The van der Waals surface area contributed by atoms with E-state index in [1.54, 1.807) is 0 Å². The van der Waals surface area contributed by atoms with E-state index in [0.29, 0.717) is 0 Å². The molecule has 0 aromatic carbocycles. The average molecular weight is 223 g/mol. The molecule has 94 valence electrons. The Morgan fingerprint density at radius 1 is 1.12 bits per heavy atom. The average Bonchev–Trinajstić information content (AvgIpc) is 2.30. The lowest BCUT2D eigenvalue weighted by Crippen LogP contribution is -2.26. The van der Waals surface area contributed by atoms with Gasteiger partial charge in [0.2, 0.25) is 0 Å². The van der Waals surface area contributed by atoms with Gasteiger partial charge in [0.05, 0.1) is 0 Å². The summed E-state index contributed by atoms with van der Waals surface area (Å²) >= 11 is 0. The Hall–Kier alpha value is -0.300. The zero-order valence-electron chi connectivity index (χ0n) is 11.0. The highest BCUT2D eigenvalue weighted by Gasteiger charge is 2.17. The first-order chi connectivity index (χ1) is 7.83. The predicted molar refractivity (Wildman–Crippen MR) is 72.7 cm³/mol. The van der Waals surface area contributed by atoms with Crippen LogP contribution in [-0.4, -0.2) is 13.1 Å². The molecule has 0 spiro atoms. The summed E-state index contributed by atoms with van der Waals surface area (Å²) in [6.45, 7) is 8.61. The van der Waals surface area contributed by atoms with Crippen LogP contribution in [0.2, 0.25) is 0 Å². The number of hydrogen-bond donors (Lipinski definition) is 1. The second kappa shape index (κ2) is 8.81. The molecule has 0 atom stereocenters. The van der Waals surface area contributed by atoms with Crippen molar-refractivity contribution in [3.8, 4) is 0 Å². The minimum absolute atomic E-state index is 0.962. The molecule has 1 saturated carbocycles. The molecule has 1 N–H and O–H groups in total. The first-order valence-corrected chi connectivity index (χ1v) is 7.14. The van der Waals surface area contributed by atoms with Gasteiger partial charge in [-0.2, -0.15) is 0 Å². The smallest absolute Gasteiger partial charge is 0.00205 e. The van der Waals surface area contributed by atoms with E-state index in [2.05, 4.69) is 18.8 Å². The minimum atomic E-state index is 0.962. The zero-order chi connectivity index (χ0) is 11.6. The maximum absolute atomic E-state index is 3.75. The van der Waals surface area contributed by atoms with Crippen molar-refractivity contribution < 1.29 is 0 Å². The molecule has 0 unspecified atom stereocenters. The molecule has 1 aliphatic carbocycles. The number of nitrogens with one attached hydrogen (secondary N) is 1. The molecule has 1 fully saturated rings. The quantitative estimate of drug-likeness (QED) is 0.481. The van der Waals surface area contributed by atoms with Crippen LogP contribution in [0.25, 0.3) is 0 Å². The van der Waals surface area contributed by atoms with Gasteiger partial charge in [-0.05, 0) is 57.0 Å². The van der Waals surface area contributed by atoms with Gasteiger partial charge in [0, 0.05) is 0 Å². The molecule has 0 amide bonds. The molecule has 0 aromatic heterocycles. The molecule has 1 nitrogen and oxygen atoms in total. The Morgan fingerprint density at radius 2 is 1.88 bits per heavy atom. The fourth-order valence-corrected chi connectivity index (χ4v) is 2.55. The third-order valence-corrected chi connectivity index (χ3v) is 3.83. The van der Waals surface area contributed by atoms with Crippen LogP contribution in [-0.2, 0) is 0 Å². The summed E-state index contributed by atoms with van der Waals surface area (Å²) in [5.74, 6) is 1.94. The van der Waals surface area contributed by atoms with Gasteiger partial charge < -0.3 is 5.32 Å². The van der Waals surface area contributed by atoms with Crippen LogP contribution in [0.4, 0.5) is 0 Å². The molecule has 0 bridgehead atoms. The minimum Gasteiger partial charge on any atom is -0.316 e. The van der Waals surface area contributed by atoms with E-state index in [0.717, 1.165) is 11.8 Å². The summed E-state index contributed by atoms with van der Waals surface area (Å²) in [5, 5.41) is 3.62. The van der Waals surface area contributed by atoms with Gasteiger partial charge in [0.25, 0.3) is 0 Å². The van der Waals surface area contributed by atoms with Crippen LogP contribution < -0.4 is 5.32 Å². The summed E-state index contributed by atoms with van der Waals surface area (Å²) in [5.41, 5.74) is 0. The molecule has 1 rings (SSSR count). The first kappa shape index (κ1) is 13.8. The Kier molecular flexibility index (Phi) is 7.58. The Morgan fingerprint density at radius 3 is 2.56 bits per heavy atom. The van der Waals surface area contributed by atoms with Gasteiger partial charge in [0.15, 0.2) is 0 Å². The number of hydrogen-bond acceptors (Lipinski definition) is 1. The molecule has 0 aromatic rings. The largest absolute Gasteiger partial charge is 0.316 e. The molecule has 16 heavy (non-hydrogen) atoms. The van der Waals surface area contributed by atoms with Crippen LogP contribution in [0.1, 0.15) is 58.3 Å². The third kappa shape index (κ3) is 6.32. The lowest BCUT2D eigenvalue weighted by atomic mass is 9.83. The molecular formula is C15H29N. The number of unbranched alkanes of at least 4 members (excludes halogenated alkanes) is 3. The van der Waals surface area contributed by atoms with Gasteiger partial charge in [-0.3, -0.25) is 0 Å². The SMILES string of the molecule is C=CCCCCCNCC1CCC(C)CC1. The second-order valence-electron chi connectivity index (χ2n) is 5.47. The molecule has 0 heterocycles. The van der Waals surface area contributed by atoms with Crippen molar-refractivity contribution in [3.63, 3.8) is 0 Å². The fourth-order valence-electron chi connectivity index (χ4n) is 2.55. The highest BCUT2D eigenvalue weighted by molar-refractivity contribution is 4.71. The summed E-state index contributed by atoms with van der Waals surface area (Å²) in [7, 11) is 0. The molecule has 1 aliphatic rings. The van der Waals surface area contributed by atoms with E-state index in [1.165, 1.54) is 64.5 Å². The summed E-state index contributed by atoms with van der Waals surface area (Å²) in [6, 6.07) is 0. The Balaban J connectivity index is 1.85. The van der Waals surface area contributed by atoms with Crippen LogP contribution >= 0.6 is 0 Å². The van der Waals surface area contributed by atoms with E-state index < -0.39 is 0 Å². The molecule has 0 aliphatic heterocycles. The first-order valence-electron chi connectivity index (χ1n) is 7.14. The number of rotatable bonds is 8. The van der Waals surface area contributed by atoms with Gasteiger partial charge in [0.1, 0.15) is 0 Å². The molecule has 1 heteroatoms. The normalized spacial score (nSPS) is 25.6. The topological polar surface area (TPSA) is 12.0 Å². The van der Waals surface area contributed by atoms with E-state index in [1.807, 2.05) is 6.08 Å². The Labute approximate surface area is 102 Å². The maximum Gasteiger partial charge on any atom is -0.00205 e. The third-order valence-electron chi connectivity index (χ3n) is 3.83. The van der Waals surface area contributed by atoms with Gasteiger partial charge in [-0.25, -0.2) is 0 Å². The van der Waals surface area contributed by atoms with Crippen molar-refractivity contribution in [1.82, 2.24) is 5.32 Å². The summed E-state index contributed by atoms with van der Waals surface area (Å²) in [6.07, 6.45) is 13.0. The summed E-state index contributed by atoms with van der Waals surface area (Å²) < 4.78 is 0. The van der Waals surface area contributed by atoms with Crippen molar-refractivity contribution in [3.05, 3.63) is 12.7 Å². The molecule has 0 saturated heterocycles. The van der Waals surface area contributed by atoms with Crippen molar-refractivity contribution in [2.45, 2.75) is 58.3 Å². The standard InChI is InChI=1S/C15H29N/c1-3-4-5-6-7-12-16-13-15-10-8-14(2)9-11-15/h3,14-16H,1,4-13H2,2H3. The van der Waals surface area contributed by atoms with Gasteiger partial charge in [-0.1, -0.05) is 32.3 Å². The zero-order valence-corrected chi connectivity index (χ0v) is 11.0. The van der Waals surface area contributed by atoms with Crippen LogP contribution in [0.5, 0.6) is 0 Å². The second-order valence-corrected chi connectivity index (χ2v) is 5.47. The highest BCUT2D eigenvalue weighted by Crippen LogP contribution is 2.27. The maximum atomic E-state index is 3.75. The number of allylic oxidation sites excluding steroid dienone is 1. The van der Waals surface area contributed by atoms with Gasteiger partial charge in [-0.15, -0.1) is 6.58 Å². The van der Waals surface area contributed by atoms with Crippen molar-refractivity contribution in [1.29, 1.82) is 0 Å². The van der Waals surface area contributed by atoms with Crippen LogP contribution in [0.3, 0.4) is 0 Å². The molecule has 0 radical (unpaired) electrons. The van der Waals surface area contributed by atoms with Gasteiger partial charge >= 0.3 is 0 Å².